The molecule has 1 rings (SSSR count). The van der Waals surface area contributed by atoms with Crippen LogP contribution in [0.3, 0.4) is 0 Å². The highest BCUT2D eigenvalue weighted by Gasteiger charge is 2.12. The molecule has 0 aliphatic rings. The van der Waals surface area contributed by atoms with Crippen molar-refractivity contribution in [2.45, 2.75) is 27.2 Å². The lowest BCUT2D eigenvalue weighted by Gasteiger charge is -2.25. The number of nitrogens with two attached hydrogens (primary N) is 1. The highest BCUT2D eigenvalue weighted by molar-refractivity contribution is 5.45. The van der Waals surface area contributed by atoms with Crippen LogP contribution in [0.5, 0.6) is 5.88 Å². The first-order valence-corrected chi connectivity index (χ1v) is 6.04. The molecule has 5 nitrogen and oxygen atoms in total. The number of hydrogen-bond donors (Lipinski definition) is 1. The molecule has 0 aliphatic heterocycles. The quantitative estimate of drug-likeness (QED) is 0.820. The van der Waals surface area contributed by atoms with E-state index in [0.717, 1.165) is 25.3 Å². The minimum absolute atomic E-state index is 0.252. The van der Waals surface area contributed by atoms with Crippen molar-refractivity contribution in [1.82, 2.24) is 9.97 Å². The maximum atomic E-state index is 5.66. The Bertz CT molecular complexity index is 356. The lowest BCUT2D eigenvalue weighted by atomic mass is 10.1. The fourth-order valence-corrected chi connectivity index (χ4v) is 1.59. The summed E-state index contributed by atoms with van der Waals surface area (Å²) in [4.78, 5) is 10.4. The first-order chi connectivity index (χ1) is 8.10. The smallest absolute Gasteiger partial charge is 0.225 e. The number of nitrogen functional groups attached to an aromatic ring is 1. The van der Waals surface area contributed by atoms with E-state index in [1.54, 1.807) is 7.11 Å². The summed E-state index contributed by atoms with van der Waals surface area (Å²) in [5.41, 5.74) is 5.66. The Balaban J connectivity index is 2.90. The standard InChI is InChI=1S/C12H22N4O/c1-5-9(3)8-16(6-2)10-7-11(17-4)15-12(13)14-10/h7,9H,5-6,8H2,1-4H3,(H2,13,14,15). The van der Waals surface area contributed by atoms with Crippen molar-refractivity contribution in [3.63, 3.8) is 0 Å². The fourth-order valence-electron chi connectivity index (χ4n) is 1.59. The molecule has 0 spiro atoms. The molecule has 0 fully saturated rings. The second-order valence-electron chi connectivity index (χ2n) is 4.18. The third kappa shape index (κ3) is 3.76. The zero-order valence-corrected chi connectivity index (χ0v) is 11.1. The Kier molecular flexibility index (Phi) is 5.00. The molecular weight excluding hydrogens is 216 g/mol. The van der Waals surface area contributed by atoms with Crippen LogP contribution in [0.4, 0.5) is 11.8 Å². The van der Waals surface area contributed by atoms with Gasteiger partial charge in [0.2, 0.25) is 11.8 Å². The van der Waals surface area contributed by atoms with Crippen molar-refractivity contribution in [3.8, 4) is 5.88 Å². The molecule has 1 aromatic heterocycles. The number of methoxy groups -OCH3 is 1. The van der Waals surface area contributed by atoms with E-state index in [4.69, 9.17) is 10.5 Å². The summed E-state index contributed by atoms with van der Waals surface area (Å²) < 4.78 is 5.10. The lowest BCUT2D eigenvalue weighted by Crippen LogP contribution is -2.29. The zero-order valence-electron chi connectivity index (χ0n) is 11.1. The third-order valence-electron chi connectivity index (χ3n) is 2.85. The molecule has 0 amide bonds. The van der Waals surface area contributed by atoms with Crippen LogP contribution in [-0.4, -0.2) is 30.2 Å². The van der Waals surface area contributed by atoms with E-state index in [1.807, 2.05) is 6.07 Å². The predicted molar refractivity (Wildman–Crippen MR) is 70.3 cm³/mol. The van der Waals surface area contributed by atoms with Gasteiger partial charge in [-0.3, -0.25) is 0 Å². The Morgan fingerprint density at radius 1 is 1.41 bits per heavy atom. The number of ether oxygens (including phenoxy) is 1. The molecule has 0 saturated carbocycles. The Morgan fingerprint density at radius 2 is 2.12 bits per heavy atom. The minimum Gasteiger partial charge on any atom is -0.481 e. The Hall–Kier alpha value is -1.52. The largest absolute Gasteiger partial charge is 0.481 e. The van der Waals surface area contributed by atoms with Crippen LogP contribution in [0.2, 0.25) is 0 Å². The molecule has 1 unspecified atom stereocenters. The number of hydrogen-bond acceptors (Lipinski definition) is 5. The number of anilines is 2. The van der Waals surface area contributed by atoms with Gasteiger partial charge in [0.15, 0.2) is 0 Å². The fraction of sp³-hybridized carbons (Fsp3) is 0.667. The van der Waals surface area contributed by atoms with Gasteiger partial charge >= 0.3 is 0 Å². The molecule has 0 aliphatic carbocycles. The molecule has 0 bridgehead atoms. The first-order valence-electron chi connectivity index (χ1n) is 6.04. The Labute approximate surface area is 103 Å². The molecule has 0 radical (unpaired) electrons. The molecule has 0 aromatic carbocycles. The third-order valence-corrected chi connectivity index (χ3v) is 2.85. The minimum atomic E-state index is 0.252. The molecular formula is C12H22N4O. The summed E-state index contributed by atoms with van der Waals surface area (Å²) in [6.07, 6.45) is 1.15. The van der Waals surface area contributed by atoms with Crippen LogP contribution in [0, 0.1) is 5.92 Å². The van der Waals surface area contributed by atoms with E-state index in [-0.39, 0.29) is 5.95 Å². The van der Waals surface area contributed by atoms with E-state index in [2.05, 4.69) is 35.6 Å². The molecule has 0 saturated heterocycles. The van der Waals surface area contributed by atoms with Gasteiger partial charge in [-0.25, -0.2) is 0 Å². The van der Waals surface area contributed by atoms with E-state index in [0.29, 0.717) is 11.8 Å². The van der Waals surface area contributed by atoms with Crippen molar-refractivity contribution in [3.05, 3.63) is 6.07 Å². The average Bonchev–Trinajstić information content (AvgIpc) is 2.34. The second-order valence-corrected chi connectivity index (χ2v) is 4.18. The molecule has 17 heavy (non-hydrogen) atoms. The maximum Gasteiger partial charge on any atom is 0.225 e. The average molecular weight is 238 g/mol. The topological polar surface area (TPSA) is 64.3 Å². The predicted octanol–water partition coefficient (Wildman–Crippen LogP) is 1.94. The van der Waals surface area contributed by atoms with Gasteiger partial charge < -0.3 is 15.4 Å². The van der Waals surface area contributed by atoms with E-state index in [9.17, 15) is 0 Å². The van der Waals surface area contributed by atoms with Crippen LogP contribution in [-0.2, 0) is 0 Å². The molecule has 96 valence electrons. The summed E-state index contributed by atoms with van der Waals surface area (Å²) >= 11 is 0. The summed E-state index contributed by atoms with van der Waals surface area (Å²) in [6, 6.07) is 1.82. The van der Waals surface area contributed by atoms with Crippen molar-refractivity contribution in [1.29, 1.82) is 0 Å². The molecule has 2 N–H and O–H groups in total. The van der Waals surface area contributed by atoms with Gasteiger partial charge in [0.25, 0.3) is 0 Å². The van der Waals surface area contributed by atoms with Gasteiger partial charge in [-0.05, 0) is 12.8 Å². The van der Waals surface area contributed by atoms with Gasteiger partial charge in [-0.15, -0.1) is 0 Å². The van der Waals surface area contributed by atoms with E-state index < -0.39 is 0 Å². The summed E-state index contributed by atoms with van der Waals surface area (Å²) in [7, 11) is 1.58. The second kappa shape index (κ2) is 6.27. The Morgan fingerprint density at radius 3 is 2.65 bits per heavy atom. The summed E-state index contributed by atoms with van der Waals surface area (Å²) in [5.74, 6) is 2.21. The summed E-state index contributed by atoms with van der Waals surface area (Å²) in [5, 5.41) is 0. The van der Waals surface area contributed by atoms with Gasteiger partial charge in [-0.2, -0.15) is 9.97 Å². The number of rotatable bonds is 6. The molecule has 5 heteroatoms. The van der Waals surface area contributed by atoms with E-state index >= 15 is 0 Å². The highest BCUT2D eigenvalue weighted by Crippen LogP contribution is 2.19. The SMILES string of the molecule is CCC(C)CN(CC)c1cc(OC)nc(N)n1. The van der Waals surface area contributed by atoms with Gasteiger partial charge in [-0.1, -0.05) is 20.3 Å². The van der Waals surface area contributed by atoms with Gasteiger partial charge in [0, 0.05) is 19.2 Å². The maximum absolute atomic E-state index is 5.66. The summed E-state index contributed by atoms with van der Waals surface area (Å²) in [6.45, 7) is 8.38. The van der Waals surface area contributed by atoms with Crippen LogP contribution in [0.15, 0.2) is 6.07 Å². The van der Waals surface area contributed by atoms with Gasteiger partial charge in [0.05, 0.1) is 7.11 Å². The van der Waals surface area contributed by atoms with Crippen molar-refractivity contribution in [2.24, 2.45) is 5.92 Å². The number of nitrogens with zero attached hydrogens (tertiary/aromatic N) is 3. The monoisotopic (exact) mass is 238 g/mol. The lowest BCUT2D eigenvalue weighted by molar-refractivity contribution is 0.397. The van der Waals surface area contributed by atoms with Crippen molar-refractivity contribution >= 4 is 11.8 Å². The van der Waals surface area contributed by atoms with Crippen molar-refractivity contribution in [2.75, 3.05) is 30.8 Å². The molecule has 1 atom stereocenters. The highest BCUT2D eigenvalue weighted by atomic mass is 16.5. The molecule has 1 aromatic rings. The number of aromatic nitrogens is 2. The van der Waals surface area contributed by atoms with Crippen LogP contribution < -0.4 is 15.4 Å². The zero-order chi connectivity index (χ0) is 12.8. The van der Waals surface area contributed by atoms with Crippen molar-refractivity contribution < 1.29 is 4.74 Å². The first kappa shape index (κ1) is 13.5. The molecule has 1 heterocycles. The van der Waals surface area contributed by atoms with Crippen LogP contribution in [0.25, 0.3) is 0 Å². The van der Waals surface area contributed by atoms with Crippen LogP contribution >= 0.6 is 0 Å². The van der Waals surface area contributed by atoms with Crippen LogP contribution in [0.1, 0.15) is 27.2 Å². The van der Waals surface area contributed by atoms with Gasteiger partial charge in [0.1, 0.15) is 5.82 Å². The van der Waals surface area contributed by atoms with E-state index in [1.165, 1.54) is 0 Å². The normalized spacial score (nSPS) is 12.2.